The van der Waals surface area contributed by atoms with E-state index in [1.807, 2.05) is 0 Å². The second kappa shape index (κ2) is 8.20. The van der Waals surface area contributed by atoms with E-state index in [1.165, 1.54) is 17.9 Å². The van der Waals surface area contributed by atoms with Gasteiger partial charge in [0.15, 0.2) is 0 Å². The Kier molecular flexibility index (Phi) is 11.2. The monoisotopic (exact) mass is 406 g/mol. The Labute approximate surface area is 91.8 Å². The van der Waals surface area contributed by atoms with Gasteiger partial charge in [-0.2, -0.15) is 0 Å². The normalized spacial score (nSPS) is 8.40. The van der Waals surface area contributed by atoms with Gasteiger partial charge in [0.25, 0.3) is 0 Å². The van der Waals surface area contributed by atoms with Crippen molar-refractivity contribution in [3.63, 3.8) is 0 Å². The Hall–Kier alpha value is 1.10. The second-order valence-corrected chi connectivity index (χ2v) is 8.66. The minimum atomic E-state index is -0.196. The van der Waals surface area contributed by atoms with Gasteiger partial charge in [0.05, 0.1) is 0 Å². The van der Waals surface area contributed by atoms with Crippen LogP contribution in [0.3, 0.4) is 0 Å². The molecule has 0 unspecified atom stereocenters. The molecule has 0 aromatic rings. The zero-order valence-corrected chi connectivity index (χ0v) is 10.8. The molecule has 4 nitrogen and oxygen atoms in total. The van der Waals surface area contributed by atoms with Gasteiger partial charge in [0.1, 0.15) is 0 Å². The van der Waals surface area contributed by atoms with E-state index in [0.29, 0.717) is 10.3 Å². The minimum absolute atomic E-state index is 0. The van der Waals surface area contributed by atoms with E-state index >= 15 is 0 Å². The molecule has 0 bridgehead atoms. The minimum Gasteiger partial charge on any atom is -1.00 e. The SMILES string of the molecule is NC(=[NH2+])S[I-]SC(N)=[NH2+].[I-]. The molecule has 0 atom stereocenters. The first-order chi connectivity index (χ1) is 4.13. The van der Waals surface area contributed by atoms with Gasteiger partial charge in [0, 0.05) is 0 Å². The van der Waals surface area contributed by atoms with Crippen LogP contribution < -0.4 is 64.7 Å². The number of nitrogens with two attached hydrogens (primary N) is 4. The van der Waals surface area contributed by atoms with Gasteiger partial charge in [-0.3, -0.25) is 0 Å². The topological polar surface area (TPSA) is 103 Å². The van der Waals surface area contributed by atoms with Gasteiger partial charge >= 0.3 is 68.9 Å². The zero-order chi connectivity index (χ0) is 7.28. The molecule has 0 saturated heterocycles. The molecular weight excluding hydrogens is 398 g/mol. The third-order valence-corrected chi connectivity index (χ3v) is 7.39. The van der Waals surface area contributed by atoms with Crippen LogP contribution >= 0.6 is 17.9 Å². The average molecular weight is 406 g/mol. The molecule has 0 radical (unpaired) electrons. The molecular formula is C2H8I2N4S2. The molecule has 0 heterocycles. The van der Waals surface area contributed by atoms with Crippen molar-refractivity contribution in [1.29, 1.82) is 0 Å². The van der Waals surface area contributed by atoms with E-state index in [-0.39, 0.29) is 42.4 Å². The number of amidine groups is 2. The summed E-state index contributed by atoms with van der Waals surface area (Å²) in [6, 6.07) is 0. The summed E-state index contributed by atoms with van der Waals surface area (Å²) >= 11 is -0.196. The molecule has 8 heteroatoms. The largest absolute Gasteiger partial charge is 1.00 e. The first-order valence-corrected chi connectivity index (χ1v) is 8.59. The maximum atomic E-state index is 5.16. The van der Waals surface area contributed by atoms with Crippen LogP contribution in [0.25, 0.3) is 0 Å². The second-order valence-electron chi connectivity index (χ2n) is 1.02. The quantitative estimate of drug-likeness (QED) is 0.208. The summed E-state index contributed by atoms with van der Waals surface area (Å²) in [4.78, 5) is 0. The third kappa shape index (κ3) is 11.8. The van der Waals surface area contributed by atoms with Gasteiger partial charge < -0.3 is 24.0 Å². The Morgan fingerprint density at radius 1 is 1.10 bits per heavy atom. The van der Waals surface area contributed by atoms with Crippen molar-refractivity contribution < 1.29 is 53.2 Å². The summed E-state index contributed by atoms with van der Waals surface area (Å²) in [6.07, 6.45) is 0. The van der Waals surface area contributed by atoms with Gasteiger partial charge in [-0.05, 0) is 0 Å². The molecule has 10 heavy (non-hydrogen) atoms. The van der Waals surface area contributed by atoms with Crippen molar-refractivity contribution in [2.45, 2.75) is 0 Å². The molecule has 0 amide bonds. The van der Waals surface area contributed by atoms with Crippen molar-refractivity contribution in [1.82, 2.24) is 0 Å². The van der Waals surface area contributed by atoms with Crippen LogP contribution in [-0.2, 0) is 0 Å². The molecule has 0 aromatic carbocycles. The fourth-order valence-corrected chi connectivity index (χ4v) is 5.34. The molecule has 0 aliphatic heterocycles. The predicted octanol–water partition coefficient (Wildman–Crippen LogP) is -9.48. The van der Waals surface area contributed by atoms with Gasteiger partial charge in [0.2, 0.25) is 0 Å². The maximum absolute atomic E-state index is 5.16. The van der Waals surface area contributed by atoms with E-state index < -0.39 is 0 Å². The van der Waals surface area contributed by atoms with Crippen molar-refractivity contribution >= 4 is 28.2 Å². The Balaban J connectivity index is 0. The Morgan fingerprint density at radius 2 is 1.40 bits per heavy atom. The van der Waals surface area contributed by atoms with Crippen molar-refractivity contribution in [2.24, 2.45) is 11.5 Å². The first kappa shape index (κ1) is 13.7. The molecule has 0 aromatic heterocycles. The number of hydrogen-bond acceptors (Lipinski definition) is 2. The van der Waals surface area contributed by atoms with E-state index in [1.54, 1.807) is 0 Å². The van der Waals surface area contributed by atoms with Gasteiger partial charge in [-0.1, -0.05) is 0 Å². The Morgan fingerprint density at radius 3 is 1.60 bits per heavy atom. The van der Waals surface area contributed by atoms with Crippen LogP contribution in [0.5, 0.6) is 0 Å². The Bertz CT molecular complexity index is 114. The molecule has 0 aliphatic carbocycles. The summed E-state index contributed by atoms with van der Waals surface area (Å²) in [5.74, 6) is 0. The van der Waals surface area contributed by atoms with Crippen LogP contribution in [0.4, 0.5) is 0 Å². The van der Waals surface area contributed by atoms with Gasteiger partial charge in [-0.25, -0.2) is 0 Å². The molecule has 0 aliphatic rings. The maximum Gasteiger partial charge on any atom is -1.00 e. The fourth-order valence-electron chi connectivity index (χ4n) is 0.0885. The van der Waals surface area contributed by atoms with Crippen molar-refractivity contribution in [3.05, 3.63) is 0 Å². The van der Waals surface area contributed by atoms with Crippen LogP contribution in [-0.4, -0.2) is 10.3 Å². The summed E-state index contributed by atoms with van der Waals surface area (Å²) < 4.78 is 0. The summed E-state index contributed by atoms with van der Waals surface area (Å²) in [7, 11) is 2.85. The summed E-state index contributed by atoms with van der Waals surface area (Å²) in [5.41, 5.74) is 10.3. The van der Waals surface area contributed by atoms with Crippen LogP contribution in [0, 0.1) is 0 Å². The molecule has 0 fully saturated rings. The number of halogens is 2. The summed E-state index contributed by atoms with van der Waals surface area (Å²) in [5, 5.41) is 11.1. The van der Waals surface area contributed by atoms with Crippen LogP contribution in [0.2, 0.25) is 0 Å². The van der Waals surface area contributed by atoms with Crippen LogP contribution in [0.1, 0.15) is 0 Å². The first-order valence-electron chi connectivity index (χ1n) is 1.87. The zero-order valence-electron chi connectivity index (χ0n) is 4.88. The number of hydrogen-bond donors (Lipinski definition) is 4. The van der Waals surface area contributed by atoms with Crippen LogP contribution in [0.15, 0.2) is 0 Å². The van der Waals surface area contributed by atoms with E-state index in [9.17, 15) is 0 Å². The molecule has 0 spiro atoms. The summed E-state index contributed by atoms with van der Waals surface area (Å²) in [6.45, 7) is 0. The standard InChI is InChI=1S/C2H6IN4S2.HI/c4-1(5)8-3-9-2(6)7;/h(H3,4,5)(H3,6,7);1H/q-1;/p+1. The van der Waals surface area contributed by atoms with E-state index in [2.05, 4.69) is 0 Å². The number of rotatable bonds is 2. The molecule has 8 N–H and O–H groups in total. The molecule has 0 rings (SSSR count). The average Bonchev–Trinajstić information content (AvgIpc) is 1.63. The van der Waals surface area contributed by atoms with E-state index in [4.69, 9.17) is 22.3 Å². The third-order valence-electron chi connectivity index (χ3n) is 0.241. The van der Waals surface area contributed by atoms with Crippen molar-refractivity contribution in [2.75, 3.05) is 0 Å². The van der Waals surface area contributed by atoms with Crippen molar-refractivity contribution in [3.8, 4) is 0 Å². The van der Waals surface area contributed by atoms with E-state index in [0.717, 1.165) is 0 Å². The predicted molar refractivity (Wildman–Crippen MR) is 37.4 cm³/mol. The molecule has 0 saturated carbocycles. The fraction of sp³-hybridized carbons (Fsp3) is 0. The smallest absolute Gasteiger partial charge is 1.00 e. The molecule has 62 valence electrons. The van der Waals surface area contributed by atoms with Gasteiger partial charge in [-0.15, -0.1) is 0 Å².